The minimum atomic E-state index is -0.191. The Hall–Kier alpha value is -3.44. The second kappa shape index (κ2) is 10.5. The summed E-state index contributed by atoms with van der Waals surface area (Å²) in [5.41, 5.74) is 2.10. The topological polar surface area (TPSA) is 54.0 Å². The molecule has 160 valence electrons. The summed E-state index contributed by atoms with van der Waals surface area (Å²) < 4.78 is 21.8. The van der Waals surface area contributed by atoms with Gasteiger partial charge in [-0.3, -0.25) is 4.79 Å². The fourth-order valence-corrected chi connectivity index (χ4v) is 3.18. The van der Waals surface area contributed by atoms with Gasteiger partial charge in [-0.1, -0.05) is 29.8 Å². The zero-order valence-corrected chi connectivity index (χ0v) is 18.3. The van der Waals surface area contributed by atoms with Gasteiger partial charge in [0, 0.05) is 10.6 Å². The van der Waals surface area contributed by atoms with Crippen LogP contribution in [0.15, 0.2) is 66.7 Å². The van der Waals surface area contributed by atoms with Crippen LogP contribution in [0.25, 0.3) is 6.08 Å². The Balaban J connectivity index is 1.79. The maximum Gasteiger partial charge on any atom is 0.189 e. The molecule has 0 aromatic heterocycles. The van der Waals surface area contributed by atoms with Gasteiger partial charge in [-0.15, -0.1) is 0 Å². The van der Waals surface area contributed by atoms with Crippen molar-refractivity contribution in [2.75, 3.05) is 21.3 Å². The van der Waals surface area contributed by atoms with Crippen molar-refractivity contribution in [1.82, 2.24) is 0 Å². The van der Waals surface area contributed by atoms with Crippen molar-refractivity contribution in [1.29, 1.82) is 0 Å². The molecule has 0 radical (unpaired) electrons. The lowest BCUT2D eigenvalue weighted by atomic mass is 10.1. The van der Waals surface area contributed by atoms with Crippen LogP contribution >= 0.6 is 11.6 Å². The first-order valence-corrected chi connectivity index (χ1v) is 9.91. The molecule has 0 aliphatic heterocycles. The number of carbonyl (C=O) groups is 1. The highest BCUT2D eigenvalue weighted by atomic mass is 35.5. The fraction of sp³-hybridized carbons (Fsp3) is 0.160. The van der Waals surface area contributed by atoms with Crippen LogP contribution in [0.3, 0.4) is 0 Å². The molecule has 0 aliphatic carbocycles. The molecule has 31 heavy (non-hydrogen) atoms. The summed E-state index contributed by atoms with van der Waals surface area (Å²) in [6.07, 6.45) is 3.24. The van der Waals surface area contributed by atoms with Crippen LogP contribution in [0.5, 0.6) is 23.0 Å². The van der Waals surface area contributed by atoms with Crippen molar-refractivity contribution in [3.8, 4) is 23.0 Å². The first kappa shape index (κ1) is 22.2. The van der Waals surface area contributed by atoms with Gasteiger partial charge in [0.25, 0.3) is 0 Å². The summed E-state index contributed by atoms with van der Waals surface area (Å²) >= 11 is 6.01. The summed E-state index contributed by atoms with van der Waals surface area (Å²) in [5, 5.41) is 0.604. The predicted molar refractivity (Wildman–Crippen MR) is 122 cm³/mol. The third kappa shape index (κ3) is 5.80. The molecule has 0 unspecified atom stereocenters. The number of halogens is 1. The minimum absolute atomic E-state index is 0.191. The molecule has 3 rings (SSSR count). The van der Waals surface area contributed by atoms with E-state index in [-0.39, 0.29) is 5.78 Å². The molecule has 0 atom stereocenters. The molecule has 0 fully saturated rings. The predicted octanol–water partition coefficient (Wildman–Crippen LogP) is 5.84. The third-order valence-electron chi connectivity index (χ3n) is 4.59. The number of hydrogen-bond acceptors (Lipinski definition) is 5. The van der Waals surface area contributed by atoms with Crippen LogP contribution in [-0.4, -0.2) is 27.1 Å². The van der Waals surface area contributed by atoms with Crippen molar-refractivity contribution < 1.29 is 23.7 Å². The highest BCUT2D eigenvalue weighted by molar-refractivity contribution is 6.30. The normalized spacial score (nSPS) is 10.7. The van der Waals surface area contributed by atoms with E-state index in [2.05, 4.69) is 0 Å². The molecule has 0 N–H and O–H groups in total. The van der Waals surface area contributed by atoms with Crippen molar-refractivity contribution in [3.63, 3.8) is 0 Å². The van der Waals surface area contributed by atoms with E-state index in [1.54, 1.807) is 50.6 Å². The Morgan fingerprint density at radius 1 is 0.871 bits per heavy atom. The number of benzene rings is 3. The van der Waals surface area contributed by atoms with Crippen LogP contribution in [0, 0.1) is 0 Å². The van der Waals surface area contributed by atoms with E-state index in [4.69, 9.17) is 30.5 Å². The Morgan fingerprint density at radius 3 is 2.35 bits per heavy atom. The number of allylic oxidation sites excluding steroid dienone is 1. The monoisotopic (exact) mass is 438 g/mol. The number of hydrogen-bond donors (Lipinski definition) is 0. The van der Waals surface area contributed by atoms with Gasteiger partial charge in [0.15, 0.2) is 5.78 Å². The SMILES string of the molecule is COc1ccc(OC)c(C(=O)/C=C/c2ccc(OC)c(COc3cccc(Cl)c3)c2)c1. The summed E-state index contributed by atoms with van der Waals surface area (Å²) in [7, 11) is 4.68. The molecule has 6 heteroatoms. The molecule has 0 saturated heterocycles. The average molecular weight is 439 g/mol. The molecule has 0 bridgehead atoms. The first-order valence-electron chi connectivity index (χ1n) is 9.53. The largest absolute Gasteiger partial charge is 0.497 e. The van der Waals surface area contributed by atoms with Gasteiger partial charge in [-0.2, -0.15) is 0 Å². The van der Waals surface area contributed by atoms with Crippen LogP contribution < -0.4 is 18.9 Å². The quantitative estimate of drug-likeness (QED) is 0.310. The number of rotatable bonds is 9. The van der Waals surface area contributed by atoms with Crippen molar-refractivity contribution in [2.24, 2.45) is 0 Å². The summed E-state index contributed by atoms with van der Waals surface area (Å²) in [4.78, 5) is 12.7. The molecule has 3 aromatic carbocycles. The minimum Gasteiger partial charge on any atom is -0.497 e. The zero-order valence-electron chi connectivity index (χ0n) is 17.6. The second-order valence-electron chi connectivity index (χ2n) is 6.58. The number of carbonyl (C=O) groups excluding carboxylic acids is 1. The lowest BCUT2D eigenvalue weighted by Crippen LogP contribution is -2.00. The van der Waals surface area contributed by atoms with E-state index < -0.39 is 0 Å². The lowest BCUT2D eigenvalue weighted by molar-refractivity contribution is 0.104. The van der Waals surface area contributed by atoms with Gasteiger partial charge in [-0.05, 0) is 60.2 Å². The van der Waals surface area contributed by atoms with Crippen molar-refractivity contribution in [2.45, 2.75) is 6.61 Å². The number of methoxy groups -OCH3 is 3. The molecular formula is C25H23ClO5. The highest BCUT2D eigenvalue weighted by Crippen LogP contribution is 2.26. The van der Waals surface area contributed by atoms with Crippen LogP contribution in [0.4, 0.5) is 0 Å². The average Bonchev–Trinajstić information content (AvgIpc) is 2.80. The molecule has 0 heterocycles. The van der Waals surface area contributed by atoms with E-state index in [1.165, 1.54) is 13.2 Å². The highest BCUT2D eigenvalue weighted by Gasteiger charge is 2.11. The molecule has 5 nitrogen and oxygen atoms in total. The Bertz CT molecular complexity index is 1090. The van der Waals surface area contributed by atoms with E-state index >= 15 is 0 Å². The zero-order chi connectivity index (χ0) is 22.2. The van der Waals surface area contributed by atoms with Gasteiger partial charge in [0.05, 0.1) is 26.9 Å². The number of ether oxygens (including phenoxy) is 4. The maximum absolute atomic E-state index is 12.7. The van der Waals surface area contributed by atoms with Crippen LogP contribution in [0.1, 0.15) is 21.5 Å². The van der Waals surface area contributed by atoms with E-state index in [1.807, 2.05) is 30.3 Å². The molecule has 0 spiro atoms. The van der Waals surface area contributed by atoms with Gasteiger partial charge in [0.1, 0.15) is 29.6 Å². The standard InChI is InChI=1S/C25H23ClO5/c1-28-20-9-12-25(30-3)22(15-20)23(27)10-7-17-8-11-24(29-2)18(13-17)16-31-21-6-4-5-19(26)14-21/h4-15H,16H2,1-3H3/b10-7+. The summed E-state index contributed by atoms with van der Waals surface area (Å²) in [6, 6.07) is 17.9. The first-order chi connectivity index (χ1) is 15.0. The Kier molecular flexibility index (Phi) is 7.57. The Labute approximate surface area is 186 Å². The maximum atomic E-state index is 12.7. The van der Waals surface area contributed by atoms with Crippen LogP contribution in [0.2, 0.25) is 5.02 Å². The third-order valence-corrected chi connectivity index (χ3v) is 4.83. The molecular weight excluding hydrogens is 416 g/mol. The van der Waals surface area contributed by atoms with Gasteiger partial charge in [0.2, 0.25) is 0 Å². The van der Waals surface area contributed by atoms with Gasteiger partial charge in [-0.25, -0.2) is 0 Å². The number of ketones is 1. The van der Waals surface area contributed by atoms with Gasteiger partial charge >= 0.3 is 0 Å². The van der Waals surface area contributed by atoms with E-state index in [0.717, 1.165) is 11.1 Å². The molecule has 3 aromatic rings. The Morgan fingerprint density at radius 2 is 1.65 bits per heavy atom. The van der Waals surface area contributed by atoms with Gasteiger partial charge < -0.3 is 18.9 Å². The fourth-order valence-electron chi connectivity index (χ4n) is 3.00. The molecule has 0 saturated carbocycles. The van der Waals surface area contributed by atoms with E-state index in [9.17, 15) is 4.79 Å². The summed E-state index contributed by atoms with van der Waals surface area (Å²) in [5.74, 6) is 2.24. The molecule has 0 amide bonds. The van der Waals surface area contributed by atoms with Crippen LogP contribution in [-0.2, 0) is 6.61 Å². The smallest absolute Gasteiger partial charge is 0.189 e. The lowest BCUT2D eigenvalue weighted by Gasteiger charge is -2.11. The van der Waals surface area contributed by atoms with Crippen molar-refractivity contribution in [3.05, 3.63) is 88.5 Å². The molecule has 0 aliphatic rings. The van der Waals surface area contributed by atoms with E-state index in [0.29, 0.717) is 40.2 Å². The second-order valence-corrected chi connectivity index (χ2v) is 7.02. The summed E-state index contributed by atoms with van der Waals surface area (Å²) in [6.45, 7) is 0.294. The van der Waals surface area contributed by atoms with Crippen molar-refractivity contribution >= 4 is 23.5 Å².